The molecule has 0 aromatic carbocycles. The summed E-state index contributed by atoms with van der Waals surface area (Å²) in [5, 5.41) is 4.96. The highest BCUT2D eigenvalue weighted by Crippen LogP contribution is 2.10. The third-order valence-electron chi connectivity index (χ3n) is 2.00. The van der Waals surface area contributed by atoms with E-state index in [2.05, 4.69) is 20.6 Å². The Bertz CT molecular complexity index is 543. The second kappa shape index (κ2) is 7.53. The van der Waals surface area contributed by atoms with Crippen LogP contribution in [0.5, 0.6) is 0 Å². The van der Waals surface area contributed by atoms with E-state index in [1.807, 2.05) is 13.8 Å². The molecule has 0 saturated heterocycles. The molecule has 9 heteroatoms. The molecule has 0 aliphatic carbocycles. The summed E-state index contributed by atoms with van der Waals surface area (Å²) < 4.78 is 0. The Balaban J connectivity index is 2.39. The quantitative estimate of drug-likeness (QED) is 0.444. The number of H-pyrrole nitrogens is 1. The number of nitrogens with zero attached hydrogens (tertiary/aromatic N) is 1. The van der Waals surface area contributed by atoms with Crippen LogP contribution in [0.2, 0.25) is 0 Å². The van der Waals surface area contributed by atoms with Crippen LogP contribution in [0.25, 0.3) is 0 Å². The van der Waals surface area contributed by atoms with Gasteiger partial charge in [0, 0.05) is 12.6 Å². The Labute approximate surface area is 119 Å². The lowest BCUT2D eigenvalue weighted by Gasteiger charge is -2.08. The monoisotopic (exact) mass is 299 g/mol. The maximum absolute atomic E-state index is 11.5. The van der Waals surface area contributed by atoms with Gasteiger partial charge in [0.05, 0.1) is 5.75 Å². The van der Waals surface area contributed by atoms with Gasteiger partial charge in [0.25, 0.3) is 5.56 Å². The van der Waals surface area contributed by atoms with Crippen molar-refractivity contribution < 1.29 is 9.59 Å². The molecule has 0 spiro atoms. The van der Waals surface area contributed by atoms with Crippen molar-refractivity contribution in [3.05, 3.63) is 16.4 Å². The summed E-state index contributed by atoms with van der Waals surface area (Å²) in [6.07, 6.45) is 0. The molecule has 5 N–H and O–H groups in total. The smallest absolute Gasteiger partial charge is 0.321 e. The molecule has 0 aliphatic heterocycles. The first-order chi connectivity index (χ1) is 9.36. The number of anilines is 1. The van der Waals surface area contributed by atoms with Crippen molar-refractivity contribution in [1.82, 2.24) is 20.6 Å². The summed E-state index contributed by atoms with van der Waals surface area (Å²) in [6, 6.07) is 0.599. The molecule has 1 aromatic rings. The van der Waals surface area contributed by atoms with Crippen LogP contribution in [0.3, 0.4) is 0 Å². The van der Waals surface area contributed by atoms with Crippen LogP contribution in [0.4, 0.5) is 10.6 Å². The molecule has 1 aromatic heterocycles. The zero-order chi connectivity index (χ0) is 15.1. The minimum Gasteiger partial charge on any atom is -0.383 e. The number of nitrogen functional groups attached to an aromatic ring is 1. The summed E-state index contributed by atoms with van der Waals surface area (Å²) >= 11 is 0.985. The highest BCUT2D eigenvalue weighted by molar-refractivity contribution is 7.99. The predicted octanol–water partition coefficient (Wildman–Crippen LogP) is -0.0740. The third-order valence-corrected chi connectivity index (χ3v) is 2.88. The number of aromatic nitrogens is 2. The number of carbonyl (C=O) groups excluding carboxylic acids is 2. The number of rotatable bonds is 5. The Morgan fingerprint density at radius 2 is 2.20 bits per heavy atom. The van der Waals surface area contributed by atoms with Gasteiger partial charge >= 0.3 is 6.03 Å². The molecule has 1 heterocycles. The van der Waals surface area contributed by atoms with Gasteiger partial charge in [-0.05, 0) is 5.92 Å². The molecule has 0 aliphatic rings. The minimum atomic E-state index is -0.543. The van der Waals surface area contributed by atoms with Crippen molar-refractivity contribution in [2.24, 2.45) is 5.92 Å². The zero-order valence-corrected chi connectivity index (χ0v) is 12.0. The van der Waals surface area contributed by atoms with Gasteiger partial charge in [-0.2, -0.15) is 0 Å². The SMILES string of the molecule is CC(C)CNC(=O)NC(=O)CSc1nc(N)cc(=O)[nH]1. The minimum absolute atomic E-state index is 0.0541. The van der Waals surface area contributed by atoms with E-state index in [4.69, 9.17) is 5.73 Å². The molecule has 1 rings (SSSR count). The van der Waals surface area contributed by atoms with Crippen LogP contribution in [0.15, 0.2) is 16.0 Å². The van der Waals surface area contributed by atoms with Crippen LogP contribution in [-0.4, -0.2) is 34.2 Å². The zero-order valence-electron chi connectivity index (χ0n) is 11.2. The van der Waals surface area contributed by atoms with Crippen LogP contribution in [0.1, 0.15) is 13.8 Å². The molecule has 0 saturated carbocycles. The van der Waals surface area contributed by atoms with Crippen LogP contribution in [-0.2, 0) is 4.79 Å². The molecule has 20 heavy (non-hydrogen) atoms. The maximum atomic E-state index is 11.5. The second-order valence-corrected chi connectivity index (χ2v) is 5.38. The van der Waals surface area contributed by atoms with E-state index in [0.717, 1.165) is 17.8 Å². The van der Waals surface area contributed by atoms with Gasteiger partial charge < -0.3 is 16.0 Å². The van der Waals surface area contributed by atoms with E-state index >= 15 is 0 Å². The number of nitrogens with two attached hydrogens (primary N) is 1. The van der Waals surface area contributed by atoms with E-state index in [-0.39, 0.29) is 16.7 Å². The number of thioether (sulfide) groups is 1. The Hall–Kier alpha value is -2.03. The number of hydrogen-bond donors (Lipinski definition) is 4. The fourth-order valence-corrected chi connectivity index (χ4v) is 1.84. The van der Waals surface area contributed by atoms with Gasteiger partial charge in [-0.1, -0.05) is 25.6 Å². The topological polar surface area (TPSA) is 130 Å². The average Bonchev–Trinajstić information content (AvgIpc) is 2.33. The number of urea groups is 1. The number of imide groups is 1. The van der Waals surface area contributed by atoms with Crippen LogP contribution < -0.4 is 21.9 Å². The highest BCUT2D eigenvalue weighted by atomic mass is 32.2. The lowest BCUT2D eigenvalue weighted by molar-refractivity contribution is -0.117. The van der Waals surface area contributed by atoms with E-state index in [1.165, 1.54) is 0 Å². The first kappa shape index (κ1) is 16.0. The van der Waals surface area contributed by atoms with Crippen molar-refractivity contribution in [1.29, 1.82) is 0 Å². The van der Waals surface area contributed by atoms with Crippen molar-refractivity contribution in [3.63, 3.8) is 0 Å². The first-order valence-electron chi connectivity index (χ1n) is 5.94. The Morgan fingerprint density at radius 3 is 2.80 bits per heavy atom. The van der Waals surface area contributed by atoms with Gasteiger partial charge in [-0.15, -0.1) is 0 Å². The van der Waals surface area contributed by atoms with E-state index in [1.54, 1.807) is 0 Å². The summed E-state index contributed by atoms with van der Waals surface area (Å²) in [6.45, 7) is 4.37. The molecule has 0 bridgehead atoms. The standard InChI is InChI=1S/C11H17N5O3S/c1-6(2)4-13-10(19)15-9(18)5-20-11-14-7(12)3-8(17)16-11/h3,6H,4-5H2,1-2H3,(H3,12,14,16,17)(H2,13,15,18,19). The number of aromatic amines is 1. The predicted molar refractivity (Wildman–Crippen MR) is 76.4 cm³/mol. The number of amides is 3. The molecular formula is C11H17N5O3S. The summed E-state index contributed by atoms with van der Waals surface area (Å²) in [4.78, 5) is 40.2. The molecule has 8 nitrogen and oxygen atoms in total. The summed E-state index contributed by atoms with van der Waals surface area (Å²) in [7, 11) is 0. The van der Waals surface area contributed by atoms with Crippen molar-refractivity contribution in [2.45, 2.75) is 19.0 Å². The third kappa shape index (κ3) is 6.23. The normalized spacial score (nSPS) is 10.3. The van der Waals surface area contributed by atoms with E-state index in [0.29, 0.717) is 12.5 Å². The van der Waals surface area contributed by atoms with Crippen molar-refractivity contribution in [3.8, 4) is 0 Å². The van der Waals surface area contributed by atoms with Crippen LogP contribution >= 0.6 is 11.8 Å². The summed E-state index contributed by atoms with van der Waals surface area (Å²) in [5.74, 6) is -0.166. The molecule has 0 atom stereocenters. The van der Waals surface area contributed by atoms with Crippen molar-refractivity contribution in [2.75, 3.05) is 18.0 Å². The Morgan fingerprint density at radius 1 is 1.50 bits per heavy atom. The molecule has 0 fully saturated rings. The maximum Gasteiger partial charge on any atom is 0.321 e. The number of nitrogens with one attached hydrogen (secondary N) is 3. The van der Waals surface area contributed by atoms with E-state index < -0.39 is 17.5 Å². The van der Waals surface area contributed by atoms with Crippen LogP contribution in [0, 0.1) is 5.92 Å². The molecule has 0 unspecified atom stereocenters. The fourth-order valence-electron chi connectivity index (χ4n) is 1.16. The van der Waals surface area contributed by atoms with Gasteiger partial charge in [0.1, 0.15) is 5.82 Å². The summed E-state index contributed by atoms with van der Waals surface area (Å²) in [5.41, 5.74) is 5.01. The first-order valence-corrected chi connectivity index (χ1v) is 6.92. The van der Waals surface area contributed by atoms with Crippen molar-refractivity contribution >= 4 is 29.5 Å². The number of hydrogen-bond acceptors (Lipinski definition) is 6. The second-order valence-electron chi connectivity index (χ2n) is 4.42. The van der Waals surface area contributed by atoms with E-state index in [9.17, 15) is 14.4 Å². The number of carbonyl (C=O) groups is 2. The van der Waals surface area contributed by atoms with Gasteiger partial charge in [0.15, 0.2) is 5.16 Å². The largest absolute Gasteiger partial charge is 0.383 e. The Kier molecular flexibility index (Phi) is 6.04. The highest BCUT2D eigenvalue weighted by Gasteiger charge is 2.09. The lowest BCUT2D eigenvalue weighted by atomic mass is 10.2. The fraction of sp³-hybridized carbons (Fsp3) is 0.455. The molecular weight excluding hydrogens is 282 g/mol. The molecule has 110 valence electrons. The lowest BCUT2D eigenvalue weighted by Crippen LogP contribution is -2.41. The molecule has 3 amide bonds. The molecule has 0 radical (unpaired) electrons. The van der Waals surface area contributed by atoms with Gasteiger partial charge in [-0.25, -0.2) is 9.78 Å². The average molecular weight is 299 g/mol. The van der Waals surface area contributed by atoms with Gasteiger partial charge in [-0.3, -0.25) is 14.9 Å². The van der Waals surface area contributed by atoms with Gasteiger partial charge in [0.2, 0.25) is 5.91 Å².